The second-order valence-electron chi connectivity index (χ2n) is 3.93. The van der Waals surface area contributed by atoms with Crippen molar-refractivity contribution in [2.45, 2.75) is 6.10 Å². The molecule has 0 spiro atoms. The molecule has 1 atom stereocenters. The molecule has 1 aliphatic rings. The van der Waals surface area contributed by atoms with Crippen molar-refractivity contribution in [3.8, 4) is 0 Å². The normalized spacial score (nSPS) is 18.9. The van der Waals surface area contributed by atoms with Gasteiger partial charge >= 0.3 is 0 Å². The number of fused-ring (bicyclic) bond motifs is 1. The summed E-state index contributed by atoms with van der Waals surface area (Å²) in [5.41, 5.74) is 6.52. The Labute approximate surface area is 107 Å². The molecule has 3 heterocycles. The van der Waals surface area contributed by atoms with Gasteiger partial charge in [-0.05, 0) is 12.2 Å². The molecule has 0 aromatic carbocycles. The number of hydrogen-bond donors (Lipinski definition) is 3. The molecule has 8 nitrogen and oxygen atoms in total. The number of nitrogens with zero attached hydrogens (tertiary/aromatic N) is 4. The van der Waals surface area contributed by atoms with E-state index in [0.717, 1.165) is 0 Å². The van der Waals surface area contributed by atoms with E-state index >= 15 is 0 Å². The minimum atomic E-state index is -0.525. The molecule has 1 aliphatic heterocycles. The van der Waals surface area contributed by atoms with Crippen molar-refractivity contribution in [1.82, 2.24) is 19.5 Å². The summed E-state index contributed by atoms with van der Waals surface area (Å²) in [6, 6.07) is 0. The van der Waals surface area contributed by atoms with Crippen LogP contribution >= 0.6 is 0 Å². The van der Waals surface area contributed by atoms with Crippen molar-refractivity contribution < 1.29 is 14.9 Å². The van der Waals surface area contributed by atoms with Crippen molar-refractivity contribution in [1.29, 1.82) is 0 Å². The van der Waals surface area contributed by atoms with Crippen LogP contribution in [0.25, 0.3) is 17.0 Å². The van der Waals surface area contributed by atoms with Crippen LogP contribution in [0.4, 0.5) is 5.82 Å². The van der Waals surface area contributed by atoms with E-state index in [1.54, 1.807) is 6.08 Å². The van der Waals surface area contributed by atoms with E-state index < -0.39 is 6.10 Å². The number of hydrogen-bond acceptors (Lipinski definition) is 7. The van der Waals surface area contributed by atoms with Crippen LogP contribution in [0.5, 0.6) is 0 Å². The predicted molar refractivity (Wildman–Crippen MR) is 66.7 cm³/mol. The van der Waals surface area contributed by atoms with Gasteiger partial charge in [0.1, 0.15) is 18.8 Å². The van der Waals surface area contributed by atoms with Gasteiger partial charge in [0.2, 0.25) is 5.88 Å². The van der Waals surface area contributed by atoms with Crippen molar-refractivity contribution in [3.05, 3.63) is 30.6 Å². The van der Waals surface area contributed by atoms with E-state index in [1.807, 2.05) is 0 Å². The molecule has 0 aliphatic carbocycles. The lowest BCUT2D eigenvalue weighted by atomic mass is 10.2. The highest BCUT2D eigenvalue weighted by atomic mass is 16.5. The van der Waals surface area contributed by atoms with Crippen LogP contribution in [0.2, 0.25) is 0 Å². The average molecular weight is 261 g/mol. The summed E-state index contributed by atoms with van der Waals surface area (Å²) in [7, 11) is 0. The van der Waals surface area contributed by atoms with E-state index in [1.165, 1.54) is 23.3 Å². The molecule has 2 aromatic heterocycles. The summed E-state index contributed by atoms with van der Waals surface area (Å²) in [5, 5.41) is 18.9. The second-order valence-corrected chi connectivity index (χ2v) is 3.93. The first-order chi connectivity index (χ1) is 9.20. The molecule has 3 rings (SSSR count). The quantitative estimate of drug-likeness (QED) is 0.698. The van der Waals surface area contributed by atoms with Crippen LogP contribution in [0.15, 0.2) is 30.6 Å². The number of nitrogen functional groups attached to an aromatic ring is 1. The molecular weight excluding hydrogens is 250 g/mol. The van der Waals surface area contributed by atoms with Crippen LogP contribution < -0.4 is 5.73 Å². The first-order valence-electron chi connectivity index (χ1n) is 5.53. The molecule has 0 saturated carbocycles. The predicted octanol–water partition coefficient (Wildman–Crippen LogP) is 0.0399. The maximum atomic E-state index is 9.85. The monoisotopic (exact) mass is 261 g/mol. The van der Waals surface area contributed by atoms with Crippen molar-refractivity contribution in [2.75, 3.05) is 12.3 Å². The van der Waals surface area contributed by atoms with Crippen LogP contribution in [-0.2, 0) is 4.74 Å². The number of nitrogens with two attached hydrogens (primary N) is 1. The Bertz CT molecular complexity index is 691. The largest absolute Gasteiger partial charge is 0.503 e. The average Bonchev–Trinajstić information content (AvgIpc) is 2.85. The van der Waals surface area contributed by atoms with Crippen molar-refractivity contribution in [3.63, 3.8) is 0 Å². The zero-order chi connectivity index (χ0) is 13.4. The fourth-order valence-corrected chi connectivity index (χ4v) is 1.79. The van der Waals surface area contributed by atoms with Gasteiger partial charge in [-0.25, -0.2) is 19.5 Å². The number of rotatable bonds is 2. The Hall–Kier alpha value is -2.61. The highest BCUT2D eigenvalue weighted by Crippen LogP contribution is 2.24. The number of allylic oxidation sites excluding steroid dienone is 1. The summed E-state index contributed by atoms with van der Waals surface area (Å²) >= 11 is 0. The van der Waals surface area contributed by atoms with E-state index in [-0.39, 0.29) is 24.1 Å². The topological polar surface area (TPSA) is 119 Å². The van der Waals surface area contributed by atoms with Gasteiger partial charge in [0, 0.05) is 0 Å². The maximum absolute atomic E-state index is 9.85. The maximum Gasteiger partial charge on any atom is 0.244 e. The highest BCUT2D eigenvalue weighted by Gasteiger charge is 2.21. The van der Waals surface area contributed by atoms with Crippen LogP contribution in [0.1, 0.15) is 0 Å². The minimum Gasteiger partial charge on any atom is -0.503 e. The molecule has 8 heteroatoms. The van der Waals surface area contributed by atoms with Crippen molar-refractivity contribution >= 4 is 22.9 Å². The molecule has 1 unspecified atom stereocenters. The van der Waals surface area contributed by atoms with Gasteiger partial charge in [-0.2, -0.15) is 0 Å². The number of aliphatic hydroxyl groups excluding tert-OH is 2. The summed E-state index contributed by atoms with van der Waals surface area (Å²) in [6.45, 7) is -0.197. The third kappa shape index (κ3) is 1.78. The van der Waals surface area contributed by atoms with Gasteiger partial charge in [0.05, 0.1) is 6.61 Å². The Kier molecular flexibility index (Phi) is 2.57. The van der Waals surface area contributed by atoms with Gasteiger partial charge in [-0.3, -0.25) is 0 Å². The molecule has 0 amide bonds. The lowest BCUT2D eigenvalue weighted by molar-refractivity contribution is 0.110. The first-order valence-corrected chi connectivity index (χ1v) is 5.53. The zero-order valence-electron chi connectivity index (χ0n) is 9.76. The third-order valence-corrected chi connectivity index (χ3v) is 2.71. The second kappa shape index (κ2) is 4.25. The third-order valence-electron chi connectivity index (χ3n) is 2.71. The minimum absolute atomic E-state index is 0.0822. The Morgan fingerprint density at radius 1 is 1.37 bits per heavy atom. The molecule has 19 heavy (non-hydrogen) atoms. The standard InChI is InChI=1S/C11H11N5O3/c12-9-8-10(14-4-13-9)16(5-15-8)11-7(18)2-1-6(3-17)19-11/h1-2,4-6,17-18H,3H2,(H2,12,13,14). The smallest absolute Gasteiger partial charge is 0.244 e. The fourth-order valence-electron chi connectivity index (χ4n) is 1.79. The van der Waals surface area contributed by atoms with Gasteiger partial charge in [0.25, 0.3) is 0 Å². The van der Waals surface area contributed by atoms with Crippen LogP contribution in [0, 0.1) is 0 Å². The molecule has 2 aromatic rings. The van der Waals surface area contributed by atoms with Gasteiger partial charge in [0.15, 0.2) is 22.7 Å². The molecule has 98 valence electrons. The number of aliphatic hydroxyl groups is 2. The number of ether oxygens (including phenoxy) is 1. The molecular formula is C11H11N5O3. The lowest BCUT2D eigenvalue weighted by Gasteiger charge is -2.20. The summed E-state index contributed by atoms with van der Waals surface area (Å²) < 4.78 is 6.91. The fraction of sp³-hybridized carbons (Fsp3) is 0.182. The summed E-state index contributed by atoms with van der Waals surface area (Å²) in [4.78, 5) is 12.0. The molecule has 0 saturated heterocycles. The lowest BCUT2D eigenvalue weighted by Crippen LogP contribution is -2.20. The van der Waals surface area contributed by atoms with Gasteiger partial charge in [-0.1, -0.05) is 0 Å². The van der Waals surface area contributed by atoms with Crippen molar-refractivity contribution in [2.24, 2.45) is 0 Å². The van der Waals surface area contributed by atoms with E-state index in [4.69, 9.17) is 15.6 Å². The summed E-state index contributed by atoms with van der Waals surface area (Å²) in [6.07, 6.45) is 5.21. The van der Waals surface area contributed by atoms with Crippen LogP contribution in [-0.4, -0.2) is 42.4 Å². The highest BCUT2D eigenvalue weighted by molar-refractivity contribution is 5.83. The Morgan fingerprint density at radius 3 is 3.00 bits per heavy atom. The SMILES string of the molecule is Nc1ncnc2c1ncn2C1=C(O)C=CC(CO)O1. The Morgan fingerprint density at radius 2 is 2.21 bits per heavy atom. The summed E-state index contributed by atoms with van der Waals surface area (Å²) in [5.74, 6) is 0.303. The molecule has 4 N–H and O–H groups in total. The first kappa shape index (κ1) is 11.5. The van der Waals surface area contributed by atoms with Gasteiger partial charge < -0.3 is 20.7 Å². The van der Waals surface area contributed by atoms with E-state index in [9.17, 15) is 5.11 Å². The van der Waals surface area contributed by atoms with E-state index in [2.05, 4.69) is 15.0 Å². The molecule has 0 bridgehead atoms. The van der Waals surface area contributed by atoms with Gasteiger partial charge in [-0.15, -0.1) is 0 Å². The number of anilines is 1. The van der Waals surface area contributed by atoms with E-state index in [0.29, 0.717) is 11.2 Å². The zero-order valence-corrected chi connectivity index (χ0v) is 9.76. The number of aromatic nitrogens is 4. The molecule has 0 radical (unpaired) electrons. The Balaban J connectivity index is 2.14. The number of imidazole rings is 1. The molecule has 0 fully saturated rings. The van der Waals surface area contributed by atoms with Crippen LogP contribution in [0.3, 0.4) is 0 Å².